The zero-order valence-corrected chi connectivity index (χ0v) is 15.2. The first-order valence-corrected chi connectivity index (χ1v) is 8.91. The summed E-state index contributed by atoms with van der Waals surface area (Å²) < 4.78 is 34.4. The van der Waals surface area contributed by atoms with E-state index in [1.54, 1.807) is 31.4 Å². The number of aryl methyl sites for hydroxylation is 2. The molecule has 9 nitrogen and oxygen atoms in total. The SMILES string of the molecule is CCOC(=O)C(=O)NNC(=O)CS(=O)(=O)c1c(C)cc(OC)cc1C. The van der Waals surface area contributed by atoms with Crippen molar-refractivity contribution in [2.45, 2.75) is 25.7 Å². The molecule has 0 spiro atoms. The monoisotopic (exact) mass is 372 g/mol. The van der Waals surface area contributed by atoms with Gasteiger partial charge in [0.1, 0.15) is 11.5 Å². The minimum absolute atomic E-state index is 0.00932. The number of nitrogens with one attached hydrogen (secondary N) is 2. The Morgan fingerprint density at radius 2 is 1.64 bits per heavy atom. The minimum Gasteiger partial charge on any atom is -0.497 e. The van der Waals surface area contributed by atoms with Crippen LogP contribution in [0.2, 0.25) is 0 Å². The van der Waals surface area contributed by atoms with Gasteiger partial charge < -0.3 is 9.47 Å². The fraction of sp³-hybridized carbons (Fsp3) is 0.400. The van der Waals surface area contributed by atoms with Gasteiger partial charge in [-0.25, -0.2) is 13.2 Å². The fourth-order valence-electron chi connectivity index (χ4n) is 2.17. The Hall–Kier alpha value is -2.62. The van der Waals surface area contributed by atoms with E-state index in [0.717, 1.165) is 0 Å². The van der Waals surface area contributed by atoms with Crippen LogP contribution in [0.1, 0.15) is 18.1 Å². The molecular formula is C15H20N2O7S. The number of carbonyl (C=O) groups is 3. The zero-order valence-electron chi connectivity index (χ0n) is 14.3. The number of hydrogen-bond donors (Lipinski definition) is 2. The number of amides is 2. The molecule has 0 saturated carbocycles. The van der Waals surface area contributed by atoms with Crippen LogP contribution >= 0.6 is 0 Å². The number of ether oxygens (including phenoxy) is 2. The normalized spacial score (nSPS) is 10.7. The molecule has 0 heterocycles. The van der Waals surface area contributed by atoms with Gasteiger partial charge in [0.2, 0.25) is 0 Å². The maximum Gasteiger partial charge on any atom is 0.398 e. The van der Waals surface area contributed by atoms with Crippen LogP contribution in [0.15, 0.2) is 17.0 Å². The van der Waals surface area contributed by atoms with Crippen molar-refractivity contribution in [2.75, 3.05) is 19.5 Å². The lowest BCUT2D eigenvalue weighted by molar-refractivity contribution is -0.155. The van der Waals surface area contributed by atoms with Gasteiger partial charge in [0, 0.05) is 0 Å². The van der Waals surface area contributed by atoms with E-state index in [9.17, 15) is 22.8 Å². The number of carbonyl (C=O) groups excluding carboxylic acids is 3. The number of hydrogen-bond acceptors (Lipinski definition) is 7. The number of esters is 1. The van der Waals surface area contributed by atoms with E-state index >= 15 is 0 Å². The Kier molecular flexibility index (Phi) is 6.92. The maximum absolute atomic E-state index is 12.5. The first-order chi connectivity index (χ1) is 11.6. The highest BCUT2D eigenvalue weighted by Gasteiger charge is 2.25. The van der Waals surface area contributed by atoms with Gasteiger partial charge in [0.25, 0.3) is 5.91 Å². The van der Waals surface area contributed by atoms with E-state index in [4.69, 9.17) is 4.74 Å². The van der Waals surface area contributed by atoms with Crippen molar-refractivity contribution in [3.63, 3.8) is 0 Å². The van der Waals surface area contributed by atoms with Crippen LogP contribution in [-0.4, -0.2) is 45.7 Å². The van der Waals surface area contributed by atoms with Crippen molar-refractivity contribution in [1.82, 2.24) is 10.9 Å². The molecule has 10 heteroatoms. The molecule has 0 aliphatic heterocycles. The Bertz CT molecular complexity index is 764. The number of rotatable bonds is 5. The highest BCUT2D eigenvalue weighted by Crippen LogP contribution is 2.26. The summed E-state index contributed by atoms with van der Waals surface area (Å²) in [5.41, 5.74) is 4.52. The summed E-state index contributed by atoms with van der Waals surface area (Å²) in [4.78, 5) is 34.2. The molecule has 0 aliphatic rings. The lowest BCUT2D eigenvalue weighted by atomic mass is 10.1. The lowest BCUT2D eigenvalue weighted by Gasteiger charge is -2.13. The Morgan fingerprint density at radius 3 is 2.12 bits per heavy atom. The maximum atomic E-state index is 12.5. The van der Waals surface area contributed by atoms with Crippen LogP contribution < -0.4 is 15.6 Å². The third kappa shape index (κ3) is 5.45. The quantitative estimate of drug-likeness (QED) is 0.416. The van der Waals surface area contributed by atoms with Crippen LogP contribution in [0, 0.1) is 13.8 Å². The number of sulfone groups is 1. The molecular weight excluding hydrogens is 352 g/mol. The van der Waals surface area contributed by atoms with Gasteiger partial charge in [-0.1, -0.05) is 0 Å². The molecule has 138 valence electrons. The van der Waals surface area contributed by atoms with Crippen molar-refractivity contribution in [1.29, 1.82) is 0 Å². The van der Waals surface area contributed by atoms with E-state index in [0.29, 0.717) is 16.9 Å². The molecule has 1 aromatic rings. The summed E-state index contributed by atoms with van der Waals surface area (Å²) in [6, 6.07) is 3.08. The van der Waals surface area contributed by atoms with Crippen molar-refractivity contribution in [3.8, 4) is 5.75 Å². The molecule has 0 fully saturated rings. The second-order valence-corrected chi connectivity index (χ2v) is 7.00. The molecule has 1 rings (SSSR count). The van der Waals surface area contributed by atoms with Crippen LogP contribution in [0.3, 0.4) is 0 Å². The van der Waals surface area contributed by atoms with Crippen LogP contribution in [-0.2, 0) is 29.0 Å². The molecule has 0 aromatic heterocycles. The molecule has 0 bridgehead atoms. The number of benzene rings is 1. The first-order valence-electron chi connectivity index (χ1n) is 7.26. The van der Waals surface area contributed by atoms with Crippen molar-refractivity contribution < 1.29 is 32.3 Å². The van der Waals surface area contributed by atoms with E-state index in [-0.39, 0.29) is 11.5 Å². The minimum atomic E-state index is -3.96. The van der Waals surface area contributed by atoms with Gasteiger partial charge in [0.15, 0.2) is 9.84 Å². The summed E-state index contributed by atoms with van der Waals surface area (Å²) in [5, 5.41) is 0. The van der Waals surface area contributed by atoms with Gasteiger partial charge >= 0.3 is 11.9 Å². The standard InChI is InChI=1S/C15H20N2O7S/c1-5-24-15(20)14(19)17-16-12(18)8-25(21,22)13-9(2)6-11(23-4)7-10(13)3/h6-7H,5,8H2,1-4H3,(H,16,18)(H,17,19). The smallest absolute Gasteiger partial charge is 0.398 e. The summed E-state index contributed by atoms with van der Waals surface area (Å²) in [6.45, 7) is 4.67. The predicted octanol–water partition coefficient (Wildman–Crippen LogP) is -0.204. The predicted molar refractivity (Wildman–Crippen MR) is 87.4 cm³/mol. The molecule has 25 heavy (non-hydrogen) atoms. The van der Waals surface area contributed by atoms with E-state index in [1.807, 2.05) is 5.43 Å². The second kappa shape index (κ2) is 8.47. The molecule has 0 aliphatic carbocycles. The highest BCUT2D eigenvalue weighted by molar-refractivity contribution is 7.92. The van der Waals surface area contributed by atoms with E-state index in [2.05, 4.69) is 4.74 Å². The van der Waals surface area contributed by atoms with Crippen molar-refractivity contribution in [3.05, 3.63) is 23.3 Å². The summed E-state index contributed by atoms with van der Waals surface area (Å²) >= 11 is 0. The Morgan fingerprint density at radius 1 is 1.08 bits per heavy atom. The van der Waals surface area contributed by atoms with E-state index < -0.39 is 33.4 Å². The first kappa shape index (κ1) is 20.4. The second-order valence-electron chi connectivity index (χ2n) is 5.07. The van der Waals surface area contributed by atoms with Gasteiger partial charge in [-0.15, -0.1) is 0 Å². The lowest BCUT2D eigenvalue weighted by Crippen LogP contribution is -2.47. The van der Waals surface area contributed by atoms with Gasteiger partial charge in [0.05, 0.1) is 18.6 Å². The van der Waals surface area contributed by atoms with Crippen molar-refractivity contribution in [2.24, 2.45) is 0 Å². The van der Waals surface area contributed by atoms with Gasteiger partial charge in [-0.2, -0.15) is 0 Å². The fourth-order valence-corrected chi connectivity index (χ4v) is 3.83. The van der Waals surface area contributed by atoms with Crippen LogP contribution in [0.4, 0.5) is 0 Å². The average molecular weight is 372 g/mol. The molecule has 0 atom stereocenters. The van der Waals surface area contributed by atoms with Crippen LogP contribution in [0.5, 0.6) is 5.75 Å². The summed E-state index contributed by atoms with van der Waals surface area (Å²) in [6.07, 6.45) is 0. The molecule has 0 saturated heterocycles. The molecule has 0 unspecified atom stereocenters. The van der Waals surface area contributed by atoms with Gasteiger partial charge in [-0.3, -0.25) is 20.4 Å². The summed E-state index contributed by atoms with van der Waals surface area (Å²) in [5.74, 6) is -3.78. The third-order valence-electron chi connectivity index (χ3n) is 3.08. The highest BCUT2D eigenvalue weighted by atomic mass is 32.2. The van der Waals surface area contributed by atoms with E-state index in [1.165, 1.54) is 14.0 Å². The third-order valence-corrected chi connectivity index (χ3v) is 4.99. The molecule has 1 aromatic carbocycles. The number of methoxy groups -OCH3 is 1. The van der Waals surface area contributed by atoms with Crippen LogP contribution in [0.25, 0.3) is 0 Å². The molecule has 2 N–H and O–H groups in total. The Balaban J connectivity index is 2.83. The number of hydrazine groups is 1. The summed E-state index contributed by atoms with van der Waals surface area (Å²) in [7, 11) is -2.50. The topological polar surface area (TPSA) is 128 Å². The average Bonchev–Trinajstić information content (AvgIpc) is 2.51. The van der Waals surface area contributed by atoms with Gasteiger partial charge in [-0.05, 0) is 44.0 Å². The van der Waals surface area contributed by atoms with Crippen molar-refractivity contribution >= 4 is 27.6 Å². The molecule has 0 radical (unpaired) electrons. The largest absolute Gasteiger partial charge is 0.497 e. The molecule has 2 amide bonds. The Labute approximate surface area is 145 Å². The zero-order chi connectivity index (χ0) is 19.2.